The predicted octanol–water partition coefficient (Wildman–Crippen LogP) is 2.25. The minimum Gasteiger partial charge on any atom is -0.223 e. The molecule has 0 N–H and O–H groups in total. The van der Waals surface area contributed by atoms with Crippen molar-refractivity contribution in [3.05, 3.63) is 55.2 Å². The Balaban J connectivity index is 2.43. The highest BCUT2D eigenvalue weighted by Crippen LogP contribution is 2.14. The van der Waals surface area contributed by atoms with Crippen LogP contribution in [0.3, 0.4) is 0 Å². The molecule has 0 aliphatic carbocycles. The third kappa shape index (κ3) is 1.93. The molecule has 0 aliphatic heterocycles. The van der Waals surface area contributed by atoms with Crippen LogP contribution in [0.2, 0.25) is 0 Å². The molecule has 1 radical (unpaired) electrons. The third-order valence-electron chi connectivity index (χ3n) is 1.95. The molecule has 0 amide bonds. The van der Waals surface area contributed by atoms with Crippen molar-refractivity contribution in [2.75, 3.05) is 0 Å². The van der Waals surface area contributed by atoms with E-state index < -0.39 is 0 Å². The van der Waals surface area contributed by atoms with Crippen LogP contribution in [0.5, 0.6) is 0 Å². The van der Waals surface area contributed by atoms with Gasteiger partial charge in [0.1, 0.15) is 24.2 Å². The van der Waals surface area contributed by atoms with Crippen LogP contribution in [-0.2, 0) is 0 Å². The Hall–Kier alpha value is -1.97. The molecule has 2 rings (SSSR count). The Morgan fingerprint density at radius 2 is 2.27 bits per heavy atom. The fraction of sp³-hybridized carbons (Fsp3) is 0. The molecule has 75 valence electrons. The summed E-state index contributed by atoms with van der Waals surface area (Å²) in [6.07, 6.45) is 6.16. The average Bonchev–Trinajstić information content (AvgIpc) is 2.71. The number of aromatic nitrogens is 3. The van der Waals surface area contributed by atoms with Crippen molar-refractivity contribution >= 4 is 6.08 Å². The third-order valence-corrected chi connectivity index (χ3v) is 1.95. The maximum absolute atomic E-state index is 13.6. The second-order valence-electron chi connectivity index (χ2n) is 2.95. The van der Waals surface area contributed by atoms with E-state index in [9.17, 15) is 4.39 Å². The van der Waals surface area contributed by atoms with Crippen molar-refractivity contribution < 1.29 is 4.39 Å². The zero-order valence-corrected chi connectivity index (χ0v) is 7.97. The molecule has 0 aliphatic rings. The predicted molar refractivity (Wildman–Crippen MR) is 55.7 cm³/mol. The van der Waals surface area contributed by atoms with Gasteiger partial charge in [-0.05, 0) is 24.6 Å². The Bertz CT molecular complexity index is 475. The number of benzene rings is 1. The van der Waals surface area contributed by atoms with E-state index in [1.54, 1.807) is 24.3 Å². The van der Waals surface area contributed by atoms with E-state index in [2.05, 4.69) is 17.0 Å². The fourth-order valence-corrected chi connectivity index (χ4v) is 1.28. The van der Waals surface area contributed by atoms with Crippen LogP contribution in [0, 0.1) is 12.7 Å². The Labute approximate surface area is 86.9 Å². The summed E-state index contributed by atoms with van der Waals surface area (Å²) in [5, 5.41) is 3.86. The van der Waals surface area contributed by atoms with Crippen molar-refractivity contribution in [2.45, 2.75) is 0 Å². The molecule has 0 saturated carbocycles. The molecule has 2 aromatic rings. The Morgan fingerprint density at radius 1 is 1.40 bits per heavy atom. The van der Waals surface area contributed by atoms with E-state index in [0.29, 0.717) is 5.69 Å². The summed E-state index contributed by atoms with van der Waals surface area (Å²) < 4.78 is 15.0. The lowest BCUT2D eigenvalue weighted by atomic mass is 10.2. The van der Waals surface area contributed by atoms with Crippen LogP contribution in [0.15, 0.2) is 36.9 Å². The standard InChI is InChI=1S/C11H9FN3/c1-2-3-9-4-5-11(10(12)6-9)15-8-13-7-14-15/h2-8H,1H2/b3-2+. The topological polar surface area (TPSA) is 30.7 Å². The monoisotopic (exact) mass is 202 g/mol. The molecule has 0 unspecified atom stereocenters. The second-order valence-corrected chi connectivity index (χ2v) is 2.95. The van der Waals surface area contributed by atoms with E-state index in [1.807, 2.05) is 0 Å². The fourth-order valence-electron chi connectivity index (χ4n) is 1.28. The maximum atomic E-state index is 13.6. The van der Waals surface area contributed by atoms with Gasteiger partial charge >= 0.3 is 0 Å². The maximum Gasteiger partial charge on any atom is 0.149 e. The first kappa shape index (κ1) is 9.58. The minimum atomic E-state index is -0.337. The van der Waals surface area contributed by atoms with Gasteiger partial charge in [-0.15, -0.1) is 0 Å². The molecular weight excluding hydrogens is 193 g/mol. The molecule has 0 spiro atoms. The van der Waals surface area contributed by atoms with Gasteiger partial charge in [-0.25, -0.2) is 14.1 Å². The van der Waals surface area contributed by atoms with Crippen LogP contribution < -0.4 is 0 Å². The Kier molecular flexibility index (Phi) is 2.58. The summed E-state index contributed by atoms with van der Waals surface area (Å²) in [7, 11) is 0. The van der Waals surface area contributed by atoms with Gasteiger partial charge in [0.2, 0.25) is 0 Å². The van der Waals surface area contributed by atoms with Crippen molar-refractivity contribution in [2.24, 2.45) is 0 Å². The van der Waals surface area contributed by atoms with Gasteiger partial charge in [0.15, 0.2) is 0 Å². The van der Waals surface area contributed by atoms with Crippen molar-refractivity contribution in [1.82, 2.24) is 14.8 Å². The van der Waals surface area contributed by atoms with Crippen LogP contribution in [0.25, 0.3) is 11.8 Å². The summed E-state index contributed by atoms with van der Waals surface area (Å²) in [6, 6.07) is 4.87. The summed E-state index contributed by atoms with van der Waals surface area (Å²) >= 11 is 0. The molecule has 0 bridgehead atoms. The van der Waals surface area contributed by atoms with Gasteiger partial charge in [-0.1, -0.05) is 18.2 Å². The molecule has 4 heteroatoms. The van der Waals surface area contributed by atoms with E-state index in [4.69, 9.17) is 0 Å². The van der Waals surface area contributed by atoms with Crippen molar-refractivity contribution in [3.63, 3.8) is 0 Å². The lowest BCUT2D eigenvalue weighted by Gasteiger charge is -2.02. The van der Waals surface area contributed by atoms with Gasteiger partial charge in [0, 0.05) is 0 Å². The molecule has 0 atom stereocenters. The first-order valence-electron chi connectivity index (χ1n) is 4.41. The quantitative estimate of drug-likeness (QED) is 0.747. The largest absolute Gasteiger partial charge is 0.223 e. The van der Waals surface area contributed by atoms with Gasteiger partial charge in [0.25, 0.3) is 0 Å². The zero-order chi connectivity index (χ0) is 10.7. The van der Waals surface area contributed by atoms with Crippen molar-refractivity contribution in [3.8, 4) is 5.69 Å². The number of rotatable bonds is 2. The lowest BCUT2D eigenvalue weighted by molar-refractivity contribution is 0.610. The molecule has 0 saturated heterocycles. The summed E-state index contributed by atoms with van der Waals surface area (Å²) in [5.41, 5.74) is 1.15. The molecule has 1 aromatic heterocycles. The number of hydrogen-bond donors (Lipinski definition) is 0. The van der Waals surface area contributed by atoms with Crippen LogP contribution >= 0.6 is 0 Å². The van der Waals surface area contributed by atoms with Crippen molar-refractivity contribution in [1.29, 1.82) is 0 Å². The molecule has 1 heterocycles. The zero-order valence-electron chi connectivity index (χ0n) is 7.97. The van der Waals surface area contributed by atoms with Crippen LogP contribution in [0.1, 0.15) is 5.56 Å². The highest BCUT2D eigenvalue weighted by molar-refractivity contribution is 5.52. The highest BCUT2D eigenvalue weighted by atomic mass is 19.1. The smallest absolute Gasteiger partial charge is 0.149 e. The first-order chi connectivity index (χ1) is 7.31. The normalized spacial score (nSPS) is 11.1. The molecule has 0 fully saturated rings. The van der Waals surface area contributed by atoms with Crippen LogP contribution in [-0.4, -0.2) is 14.8 Å². The SMILES string of the molecule is [CH2]/C=C/c1ccc(-n2cncn2)c(F)c1. The van der Waals surface area contributed by atoms with E-state index in [-0.39, 0.29) is 5.82 Å². The molecule has 3 nitrogen and oxygen atoms in total. The molecule has 15 heavy (non-hydrogen) atoms. The average molecular weight is 202 g/mol. The van der Waals surface area contributed by atoms with Gasteiger partial charge < -0.3 is 0 Å². The van der Waals surface area contributed by atoms with Gasteiger partial charge in [0.05, 0.1) is 0 Å². The van der Waals surface area contributed by atoms with E-state index in [0.717, 1.165) is 5.56 Å². The minimum absolute atomic E-state index is 0.337. The van der Waals surface area contributed by atoms with E-state index >= 15 is 0 Å². The number of hydrogen-bond acceptors (Lipinski definition) is 2. The number of nitrogens with zero attached hydrogens (tertiary/aromatic N) is 3. The van der Waals surface area contributed by atoms with Gasteiger partial charge in [-0.3, -0.25) is 0 Å². The Morgan fingerprint density at radius 3 is 2.87 bits per heavy atom. The lowest BCUT2D eigenvalue weighted by Crippen LogP contribution is -1.98. The summed E-state index contributed by atoms with van der Waals surface area (Å²) in [5.74, 6) is -0.337. The number of allylic oxidation sites excluding steroid dienone is 1. The second kappa shape index (κ2) is 4.04. The summed E-state index contributed by atoms with van der Waals surface area (Å²) in [4.78, 5) is 3.76. The summed E-state index contributed by atoms with van der Waals surface area (Å²) in [6.45, 7) is 3.55. The highest BCUT2D eigenvalue weighted by Gasteiger charge is 2.04. The number of halogens is 1. The van der Waals surface area contributed by atoms with Gasteiger partial charge in [-0.2, -0.15) is 5.10 Å². The molecular formula is C11H9FN3. The molecule has 1 aromatic carbocycles. The van der Waals surface area contributed by atoms with Crippen LogP contribution in [0.4, 0.5) is 4.39 Å². The first-order valence-corrected chi connectivity index (χ1v) is 4.41. The van der Waals surface area contributed by atoms with E-state index in [1.165, 1.54) is 23.4 Å².